The van der Waals surface area contributed by atoms with Crippen molar-refractivity contribution in [1.29, 1.82) is 0 Å². The maximum atomic E-state index is 14.6. The first-order chi connectivity index (χ1) is 31.5. The third-order valence-corrected chi connectivity index (χ3v) is 18.4. The molecule has 0 aromatic heterocycles. The highest BCUT2D eigenvalue weighted by Crippen LogP contribution is 2.57. The maximum absolute atomic E-state index is 14.6. The predicted octanol–water partition coefficient (Wildman–Crippen LogP) is 9.73. The molecule has 14 nitrogen and oxygen atoms in total. The fourth-order valence-electron chi connectivity index (χ4n) is 9.16. The summed E-state index contributed by atoms with van der Waals surface area (Å²) in [7, 11) is -1.01. The lowest BCUT2D eigenvalue weighted by molar-refractivity contribution is 0.0528. The second-order valence-electron chi connectivity index (χ2n) is 19.5. The quantitative estimate of drug-likeness (QED) is 0.0874. The molecule has 66 heavy (non-hydrogen) atoms. The van der Waals surface area contributed by atoms with Crippen LogP contribution in [0.1, 0.15) is 84.7 Å². The predicted molar refractivity (Wildman–Crippen MR) is 255 cm³/mol. The lowest BCUT2D eigenvalue weighted by atomic mass is 10.0. The Bertz CT molecular complexity index is 2440. The Balaban J connectivity index is 1.03. The van der Waals surface area contributed by atoms with E-state index in [1.54, 1.807) is 34.1 Å². The number of rotatable bonds is 14. The molecular weight excluding hydrogens is 857 g/mol. The van der Waals surface area contributed by atoms with E-state index in [1.807, 2.05) is 48.4 Å². The van der Waals surface area contributed by atoms with E-state index in [1.165, 1.54) is 24.2 Å². The summed E-state index contributed by atoms with van der Waals surface area (Å²) in [6.45, 7) is 21.3. The first kappa shape index (κ1) is 46.5. The van der Waals surface area contributed by atoms with Crippen LogP contribution in [-0.2, 0) is 13.9 Å². The Morgan fingerprint density at radius 1 is 0.864 bits per heavy atom. The van der Waals surface area contributed by atoms with Crippen molar-refractivity contribution in [3.05, 3.63) is 108 Å². The second kappa shape index (κ2) is 18.3. The highest BCUT2D eigenvalue weighted by molar-refractivity contribution is 6.74. The normalized spacial score (nSPS) is 20.6. The van der Waals surface area contributed by atoms with E-state index in [-0.39, 0.29) is 72.9 Å². The zero-order valence-electron chi connectivity index (χ0n) is 39.2. The Labute approximate surface area is 388 Å². The molecule has 1 unspecified atom stereocenters. The van der Waals surface area contributed by atoms with Crippen molar-refractivity contribution in [3.63, 3.8) is 0 Å². The topological polar surface area (TPSA) is 137 Å². The lowest BCUT2D eigenvalue weighted by Crippen LogP contribution is -2.58. The highest BCUT2D eigenvalue weighted by atomic mass is 28.4. The maximum Gasteiger partial charge on any atom is 0.416 e. The number of benzene rings is 3. The number of hydrogen-bond acceptors (Lipinski definition) is 10. The summed E-state index contributed by atoms with van der Waals surface area (Å²) in [4.78, 5) is 63.4. The summed E-state index contributed by atoms with van der Waals surface area (Å²) < 4.78 is 36.9. The van der Waals surface area contributed by atoms with E-state index in [0.717, 1.165) is 36.0 Å². The van der Waals surface area contributed by atoms with Gasteiger partial charge in [-0.2, -0.15) is 0 Å². The lowest BCUT2D eigenvalue weighted by Gasteiger charge is -2.44. The Morgan fingerprint density at radius 3 is 2.17 bits per heavy atom. The van der Waals surface area contributed by atoms with Crippen LogP contribution in [0.2, 0.25) is 18.1 Å². The van der Waals surface area contributed by atoms with Crippen molar-refractivity contribution in [3.8, 4) is 17.2 Å². The molecule has 4 amide bonds. The van der Waals surface area contributed by atoms with E-state index < -0.39 is 26.7 Å². The van der Waals surface area contributed by atoms with E-state index in [4.69, 9.17) is 28.1 Å². The molecule has 4 aliphatic heterocycles. The van der Waals surface area contributed by atoms with Crippen LogP contribution in [0.25, 0.3) is 5.57 Å². The third-order valence-electron chi connectivity index (χ3n) is 13.9. The summed E-state index contributed by atoms with van der Waals surface area (Å²) in [5.41, 5.74) is 4.17. The highest BCUT2D eigenvalue weighted by Gasteiger charge is 2.59. The molecule has 2 fully saturated rings. The number of nitrogens with zero attached hydrogens (tertiary/aromatic N) is 4. The van der Waals surface area contributed by atoms with E-state index in [0.29, 0.717) is 53.6 Å². The Hall–Kier alpha value is -6.06. The van der Waals surface area contributed by atoms with Crippen LogP contribution >= 0.6 is 0 Å². The van der Waals surface area contributed by atoms with Crippen molar-refractivity contribution in [2.24, 2.45) is 5.41 Å². The van der Waals surface area contributed by atoms with Gasteiger partial charge in [0.1, 0.15) is 19.0 Å². The van der Waals surface area contributed by atoms with Gasteiger partial charge in [0.15, 0.2) is 26.0 Å². The number of methoxy groups -OCH3 is 1. The van der Waals surface area contributed by atoms with E-state index in [9.17, 15) is 19.2 Å². The molecule has 1 saturated heterocycles. The second-order valence-corrected chi connectivity index (χ2v) is 24.2. The van der Waals surface area contributed by atoms with Gasteiger partial charge in [0, 0.05) is 31.3 Å². The molecule has 1 saturated carbocycles. The number of hydrogen-bond donors (Lipinski definition) is 0. The molecule has 0 bridgehead atoms. The number of ether oxygens (including phenoxy) is 5. The van der Waals surface area contributed by atoms with E-state index in [2.05, 4.69) is 47.0 Å². The van der Waals surface area contributed by atoms with Crippen molar-refractivity contribution >= 4 is 49.3 Å². The molecule has 0 radical (unpaired) electrons. The molecule has 15 heteroatoms. The SMILES string of the molecule is C=CCOC(=O)N1C[C@@H]2CC(c3ccccc3)=CN2C(=O)c2cc(OC)c(OCCCOc3cc4c(cc3C)C(=O)N3CC5(CC5)C[C@H]3C(O[Si](C)(C)C(C)(C)C)N4C(=O)OCC=C)cc21. The number of fused-ring (bicyclic) bond motifs is 4. The van der Waals surface area contributed by atoms with E-state index >= 15 is 0 Å². The average Bonchev–Trinajstić information content (AvgIpc) is 3.80. The minimum Gasteiger partial charge on any atom is -0.493 e. The third kappa shape index (κ3) is 8.94. The van der Waals surface area contributed by atoms with Gasteiger partial charge in [-0.15, -0.1) is 0 Å². The number of aryl methyl sites for hydroxylation is 1. The summed E-state index contributed by atoms with van der Waals surface area (Å²) in [6, 6.07) is 16.0. The zero-order valence-corrected chi connectivity index (χ0v) is 40.2. The van der Waals surface area contributed by atoms with Gasteiger partial charge in [-0.1, -0.05) is 76.4 Å². The molecular formula is C51H62N4O10Si. The standard InChI is InChI=1S/C51H62N4O10Si/c1-10-20-63-48(58)53-31-36-25-35(34-16-13-12-14-17-34)30-52(36)45(56)38-26-43(60-7)44(27-39(38)53)62-23-15-22-61-42-28-40-37(24-33(42)3)46(57)54-32-51(18-19-51)29-41(54)47(55(40)49(59)64-21-11-2)65-66(8,9)50(4,5)6/h10-14,16-17,24,26-28,30,36,41,47H,1-2,15,18-23,25,29,31-32H2,3-9H3/t36-,41-,47?/m0/s1. The van der Waals surface area contributed by atoms with Crippen LogP contribution < -0.4 is 24.0 Å². The van der Waals surface area contributed by atoms with Crippen molar-refractivity contribution in [2.75, 3.05) is 56.4 Å². The monoisotopic (exact) mass is 918 g/mol. The number of anilines is 2. The summed E-state index contributed by atoms with van der Waals surface area (Å²) in [5.74, 6) is 0.748. The van der Waals surface area contributed by atoms with Gasteiger partial charge in [-0.05, 0) is 85.0 Å². The van der Waals surface area contributed by atoms with Gasteiger partial charge in [-0.25, -0.2) is 14.5 Å². The van der Waals surface area contributed by atoms with Gasteiger partial charge in [0.25, 0.3) is 11.8 Å². The molecule has 1 spiro atoms. The van der Waals surface area contributed by atoms with Crippen molar-refractivity contribution in [2.45, 2.75) is 96.2 Å². The minimum atomic E-state index is -2.51. The fraction of sp³-hybridized carbons (Fsp3) is 0.451. The Morgan fingerprint density at radius 2 is 1.52 bits per heavy atom. The van der Waals surface area contributed by atoms with Crippen LogP contribution in [0, 0.1) is 12.3 Å². The number of carbonyl (C=O) groups is 4. The number of amides is 4. The van der Waals surface area contributed by atoms with Crippen LogP contribution in [0.5, 0.6) is 17.2 Å². The van der Waals surface area contributed by atoms with Gasteiger partial charge in [0.05, 0.1) is 61.5 Å². The van der Waals surface area contributed by atoms with Gasteiger partial charge < -0.3 is 37.9 Å². The molecule has 1 aliphatic carbocycles. The first-order valence-electron chi connectivity index (χ1n) is 22.8. The molecule has 350 valence electrons. The van der Waals surface area contributed by atoms with Gasteiger partial charge in [-0.3, -0.25) is 14.5 Å². The van der Waals surface area contributed by atoms with Crippen LogP contribution in [0.3, 0.4) is 0 Å². The van der Waals surface area contributed by atoms with Gasteiger partial charge >= 0.3 is 12.2 Å². The van der Waals surface area contributed by atoms with Crippen molar-refractivity contribution in [1.82, 2.24) is 9.80 Å². The van der Waals surface area contributed by atoms with Crippen LogP contribution in [0.15, 0.2) is 86.1 Å². The molecule has 0 N–H and O–H groups in total. The van der Waals surface area contributed by atoms with Gasteiger partial charge in [0.2, 0.25) is 0 Å². The molecule has 5 aliphatic rings. The summed E-state index contributed by atoms with van der Waals surface area (Å²) in [6.07, 6.45) is 6.68. The average molecular weight is 919 g/mol. The van der Waals surface area contributed by atoms with Crippen LogP contribution in [-0.4, -0.2) is 107 Å². The molecule has 3 aromatic rings. The fourth-order valence-corrected chi connectivity index (χ4v) is 10.4. The largest absolute Gasteiger partial charge is 0.493 e. The summed E-state index contributed by atoms with van der Waals surface area (Å²) in [5, 5.41) is -0.175. The molecule has 3 aromatic carbocycles. The Kier molecular flexibility index (Phi) is 12.9. The zero-order chi connectivity index (χ0) is 47.1. The summed E-state index contributed by atoms with van der Waals surface area (Å²) >= 11 is 0. The minimum absolute atomic E-state index is 0.00232. The molecule has 3 atom stereocenters. The van der Waals surface area contributed by atoms with Crippen molar-refractivity contribution < 1.29 is 47.3 Å². The van der Waals surface area contributed by atoms with Crippen LogP contribution in [0.4, 0.5) is 21.0 Å². The molecule has 8 rings (SSSR count). The molecule has 4 heterocycles. The first-order valence-corrected chi connectivity index (χ1v) is 25.7. The smallest absolute Gasteiger partial charge is 0.416 e. The number of carbonyl (C=O) groups excluding carboxylic acids is 4.